The average molecular weight is 249 g/mol. The Labute approximate surface area is 107 Å². The predicted octanol–water partition coefficient (Wildman–Crippen LogP) is 1.00. The van der Waals surface area contributed by atoms with Gasteiger partial charge >= 0.3 is 0 Å². The van der Waals surface area contributed by atoms with Gasteiger partial charge in [-0.2, -0.15) is 0 Å². The lowest BCUT2D eigenvalue weighted by Crippen LogP contribution is -2.29. The Morgan fingerprint density at radius 2 is 1.83 bits per heavy atom. The van der Waals surface area contributed by atoms with E-state index in [4.69, 9.17) is 5.73 Å². The molecule has 0 aliphatic rings. The standard InChI is InChI=1S/C13H19N3O2/c1-2-3-12(17)16-11-6-4-10(5-7-11)9-15-13(18)8-14/h4-7H,2-3,8-9,14H2,1H3,(H,15,18)(H,16,17). The first-order chi connectivity index (χ1) is 8.65. The number of anilines is 1. The number of carbonyl (C=O) groups is 2. The van der Waals surface area contributed by atoms with Gasteiger partial charge in [0.15, 0.2) is 0 Å². The monoisotopic (exact) mass is 249 g/mol. The summed E-state index contributed by atoms with van der Waals surface area (Å²) in [7, 11) is 0. The van der Waals surface area contributed by atoms with Crippen LogP contribution in [0.4, 0.5) is 5.69 Å². The third kappa shape index (κ3) is 4.97. The Morgan fingerprint density at radius 3 is 2.39 bits per heavy atom. The molecule has 0 aliphatic carbocycles. The number of nitrogens with two attached hydrogens (primary N) is 1. The largest absolute Gasteiger partial charge is 0.351 e. The van der Waals surface area contributed by atoms with Crippen molar-refractivity contribution in [2.24, 2.45) is 5.73 Å². The molecule has 0 radical (unpaired) electrons. The Morgan fingerprint density at radius 1 is 1.17 bits per heavy atom. The zero-order valence-corrected chi connectivity index (χ0v) is 10.5. The third-order valence-electron chi connectivity index (χ3n) is 2.39. The molecule has 18 heavy (non-hydrogen) atoms. The van der Waals surface area contributed by atoms with Gasteiger partial charge in [-0.05, 0) is 24.1 Å². The zero-order chi connectivity index (χ0) is 13.4. The van der Waals surface area contributed by atoms with Crippen molar-refractivity contribution in [3.63, 3.8) is 0 Å². The molecule has 0 spiro atoms. The van der Waals surface area contributed by atoms with Gasteiger partial charge in [0, 0.05) is 18.7 Å². The molecule has 1 aromatic rings. The fraction of sp³-hybridized carbons (Fsp3) is 0.385. The summed E-state index contributed by atoms with van der Waals surface area (Å²) in [5.74, 6) is -0.169. The predicted molar refractivity (Wildman–Crippen MR) is 70.9 cm³/mol. The van der Waals surface area contributed by atoms with Crippen molar-refractivity contribution in [2.75, 3.05) is 11.9 Å². The van der Waals surface area contributed by atoms with Gasteiger partial charge in [0.2, 0.25) is 11.8 Å². The zero-order valence-electron chi connectivity index (χ0n) is 10.5. The van der Waals surface area contributed by atoms with Crippen LogP contribution in [-0.2, 0) is 16.1 Å². The van der Waals surface area contributed by atoms with Gasteiger partial charge in [0.25, 0.3) is 0 Å². The number of nitrogens with one attached hydrogen (secondary N) is 2. The van der Waals surface area contributed by atoms with Crippen molar-refractivity contribution >= 4 is 17.5 Å². The van der Waals surface area contributed by atoms with Crippen molar-refractivity contribution in [2.45, 2.75) is 26.3 Å². The van der Waals surface area contributed by atoms with E-state index in [1.165, 1.54) is 0 Å². The summed E-state index contributed by atoms with van der Waals surface area (Å²) in [5.41, 5.74) is 6.91. The number of amides is 2. The summed E-state index contributed by atoms with van der Waals surface area (Å²) in [6.45, 7) is 2.40. The molecule has 0 heterocycles. The summed E-state index contributed by atoms with van der Waals surface area (Å²) in [6.07, 6.45) is 1.35. The molecule has 0 fully saturated rings. The summed E-state index contributed by atoms with van der Waals surface area (Å²) < 4.78 is 0. The van der Waals surface area contributed by atoms with Gasteiger partial charge in [-0.1, -0.05) is 19.1 Å². The fourth-order valence-corrected chi connectivity index (χ4v) is 1.43. The van der Waals surface area contributed by atoms with Crippen LogP contribution in [0.5, 0.6) is 0 Å². The Balaban J connectivity index is 2.47. The molecule has 1 rings (SSSR count). The lowest BCUT2D eigenvalue weighted by molar-refractivity contribution is -0.120. The van der Waals surface area contributed by atoms with Crippen LogP contribution in [-0.4, -0.2) is 18.4 Å². The quantitative estimate of drug-likeness (QED) is 0.703. The number of rotatable bonds is 6. The number of hydrogen-bond acceptors (Lipinski definition) is 3. The van der Waals surface area contributed by atoms with Gasteiger partial charge in [0.05, 0.1) is 6.54 Å². The van der Waals surface area contributed by atoms with Gasteiger partial charge in [-0.3, -0.25) is 9.59 Å². The summed E-state index contributed by atoms with van der Waals surface area (Å²) in [4.78, 5) is 22.3. The molecule has 4 N–H and O–H groups in total. The van der Waals surface area contributed by atoms with E-state index in [0.717, 1.165) is 17.7 Å². The van der Waals surface area contributed by atoms with Crippen molar-refractivity contribution in [3.05, 3.63) is 29.8 Å². The highest BCUT2D eigenvalue weighted by molar-refractivity contribution is 5.90. The topological polar surface area (TPSA) is 84.2 Å². The first kappa shape index (κ1) is 14.2. The lowest BCUT2D eigenvalue weighted by atomic mass is 10.2. The molecule has 0 saturated carbocycles. The van der Waals surface area contributed by atoms with E-state index in [2.05, 4.69) is 10.6 Å². The molecule has 0 aromatic heterocycles. The molecule has 0 unspecified atom stereocenters. The maximum Gasteiger partial charge on any atom is 0.234 e. The number of hydrogen-bond donors (Lipinski definition) is 3. The minimum Gasteiger partial charge on any atom is -0.351 e. The van der Waals surface area contributed by atoms with Crippen LogP contribution in [0, 0.1) is 0 Å². The number of carbonyl (C=O) groups excluding carboxylic acids is 2. The average Bonchev–Trinajstić information content (AvgIpc) is 2.37. The molecule has 5 heteroatoms. The minimum atomic E-state index is -0.185. The fourth-order valence-electron chi connectivity index (χ4n) is 1.43. The minimum absolute atomic E-state index is 0.00877. The number of benzene rings is 1. The molecule has 5 nitrogen and oxygen atoms in total. The van der Waals surface area contributed by atoms with Crippen molar-refractivity contribution in [1.29, 1.82) is 0 Å². The van der Waals surface area contributed by atoms with Crippen LogP contribution < -0.4 is 16.4 Å². The first-order valence-electron chi connectivity index (χ1n) is 6.01. The van der Waals surface area contributed by atoms with E-state index in [1.807, 2.05) is 31.2 Å². The van der Waals surface area contributed by atoms with Crippen molar-refractivity contribution in [3.8, 4) is 0 Å². The SMILES string of the molecule is CCCC(=O)Nc1ccc(CNC(=O)CN)cc1. The van der Waals surface area contributed by atoms with E-state index in [0.29, 0.717) is 13.0 Å². The molecule has 0 bridgehead atoms. The summed E-state index contributed by atoms with van der Waals surface area (Å²) in [5, 5.41) is 5.48. The Bertz CT molecular complexity index is 401. The summed E-state index contributed by atoms with van der Waals surface area (Å²) >= 11 is 0. The smallest absolute Gasteiger partial charge is 0.234 e. The molecule has 98 valence electrons. The van der Waals surface area contributed by atoms with Crippen LogP contribution in [0.3, 0.4) is 0 Å². The molecule has 0 atom stereocenters. The highest BCUT2D eigenvalue weighted by Gasteiger charge is 2.01. The lowest BCUT2D eigenvalue weighted by Gasteiger charge is -2.07. The highest BCUT2D eigenvalue weighted by Crippen LogP contribution is 2.10. The van der Waals surface area contributed by atoms with Crippen molar-refractivity contribution in [1.82, 2.24) is 5.32 Å². The second-order valence-corrected chi connectivity index (χ2v) is 3.98. The summed E-state index contributed by atoms with van der Waals surface area (Å²) in [6, 6.07) is 7.35. The molecule has 0 aliphatic heterocycles. The van der Waals surface area contributed by atoms with Gasteiger partial charge in [0.1, 0.15) is 0 Å². The molecule has 2 amide bonds. The van der Waals surface area contributed by atoms with Gasteiger partial charge < -0.3 is 16.4 Å². The van der Waals surface area contributed by atoms with Crippen LogP contribution in [0.1, 0.15) is 25.3 Å². The van der Waals surface area contributed by atoms with Crippen LogP contribution in [0.25, 0.3) is 0 Å². The van der Waals surface area contributed by atoms with E-state index < -0.39 is 0 Å². The van der Waals surface area contributed by atoms with Crippen molar-refractivity contribution < 1.29 is 9.59 Å². The van der Waals surface area contributed by atoms with E-state index in [9.17, 15) is 9.59 Å². The Kier molecular flexibility index (Phi) is 5.87. The normalized spacial score (nSPS) is 9.89. The molecule has 1 aromatic carbocycles. The van der Waals surface area contributed by atoms with Gasteiger partial charge in [-0.15, -0.1) is 0 Å². The molecular weight excluding hydrogens is 230 g/mol. The van der Waals surface area contributed by atoms with Gasteiger partial charge in [-0.25, -0.2) is 0 Å². The van der Waals surface area contributed by atoms with Crippen LogP contribution >= 0.6 is 0 Å². The molecule has 0 saturated heterocycles. The second-order valence-electron chi connectivity index (χ2n) is 3.98. The van der Waals surface area contributed by atoms with E-state index in [-0.39, 0.29) is 18.4 Å². The van der Waals surface area contributed by atoms with Crippen LogP contribution in [0.2, 0.25) is 0 Å². The van der Waals surface area contributed by atoms with E-state index in [1.54, 1.807) is 0 Å². The van der Waals surface area contributed by atoms with Crippen LogP contribution in [0.15, 0.2) is 24.3 Å². The maximum atomic E-state index is 11.4. The van der Waals surface area contributed by atoms with E-state index >= 15 is 0 Å². The first-order valence-corrected chi connectivity index (χ1v) is 6.01. The maximum absolute atomic E-state index is 11.4. The third-order valence-corrected chi connectivity index (χ3v) is 2.39. The molecular formula is C13H19N3O2. The highest BCUT2D eigenvalue weighted by atomic mass is 16.2. The second kappa shape index (κ2) is 7.45. The Hall–Kier alpha value is -1.88.